The van der Waals surface area contributed by atoms with E-state index in [2.05, 4.69) is 0 Å². The number of piperazine rings is 1. The van der Waals surface area contributed by atoms with E-state index in [1.54, 1.807) is 0 Å². The molecule has 6 nitrogen and oxygen atoms in total. The number of sulfonamides is 1. The van der Waals surface area contributed by atoms with E-state index in [9.17, 15) is 26.7 Å². The van der Waals surface area contributed by atoms with Gasteiger partial charge in [-0.2, -0.15) is 17.5 Å². The Morgan fingerprint density at radius 2 is 1.81 bits per heavy atom. The van der Waals surface area contributed by atoms with Gasteiger partial charge >= 0.3 is 6.18 Å². The molecular weight excluding hydrogens is 385 g/mol. The first kappa shape index (κ1) is 22.1. The van der Waals surface area contributed by atoms with Crippen molar-refractivity contribution in [3.05, 3.63) is 29.8 Å². The lowest BCUT2D eigenvalue weighted by atomic mass is 10.2. The first-order valence-corrected chi connectivity index (χ1v) is 10.1. The molecule has 1 fully saturated rings. The third kappa shape index (κ3) is 6.15. The van der Waals surface area contributed by atoms with Crippen LogP contribution in [0.3, 0.4) is 0 Å². The molecule has 0 aliphatic carbocycles. The molecule has 27 heavy (non-hydrogen) atoms. The van der Waals surface area contributed by atoms with Crippen LogP contribution in [0, 0.1) is 0 Å². The quantitative estimate of drug-likeness (QED) is 0.742. The number of β-amino-alcohol motifs (C(OH)–C–C–N with tert-alkyl or cyclic N) is 1. The summed E-state index contributed by atoms with van der Waals surface area (Å²) in [5.41, 5.74) is -0.990. The number of halogens is 3. The maximum atomic E-state index is 12.8. The topological polar surface area (TPSA) is 70.1 Å². The molecule has 1 aromatic rings. The molecule has 0 saturated carbocycles. The molecule has 1 aromatic carbocycles. The molecule has 0 bridgehead atoms. The van der Waals surface area contributed by atoms with Gasteiger partial charge in [0.25, 0.3) is 0 Å². The van der Waals surface area contributed by atoms with Gasteiger partial charge in [-0.05, 0) is 32.0 Å². The molecule has 1 aliphatic rings. The monoisotopic (exact) mass is 410 g/mol. The minimum absolute atomic E-state index is 0.00843. The third-order valence-corrected chi connectivity index (χ3v) is 6.12. The van der Waals surface area contributed by atoms with E-state index in [-0.39, 0.29) is 30.7 Å². The molecular formula is C17H25F3N2O4S. The summed E-state index contributed by atoms with van der Waals surface area (Å²) in [6.07, 6.45) is -5.27. The second kappa shape index (κ2) is 8.87. The van der Waals surface area contributed by atoms with Crippen molar-refractivity contribution in [3.8, 4) is 0 Å². The van der Waals surface area contributed by atoms with Crippen molar-refractivity contribution in [2.75, 3.05) is 39.3 Å². The summed E-state index contributed by atoms with van der Waals surface area (Å²) >= 11 is 0. The Hall–Kier alpha value is -1.20. The number of ether oxygens (including phenoxy) is 1. The highest BCUT2D eigenvalue weighted by Gasteiger charge is 2.34. The molecule has 10 heteroatoms. The van der Waals surface area contributed by atoms with Crippen molar-refractivity contribution in [2.45, 2.75) is 37.1 Å². The summed E-state index contributed by atoms with van der Waals surface area (Å²) in [5, 5.41) is 9.96. The van der Waals surface area contributed by atoms with E-state index < -0.39 is 27.9 Å². The first-order chi connectivity index (χ1) is 12.5. The van der Waals surface area contributed by atoms with E-state index in [0.717, 1.165) is 12.1 Å². The maximum Gasteiger partial charge on any atom is 0.416 e. The Balaban J connectivity index is 1.97. The summed E-state index contributed by atoms with van der Waals surface area (Å²) in [4.78, 5) is 1.54. The molecule has 1 aliphatic heterocycles. The summed E-state index contributed by atoms with van der Waals surface area (Å²) in [7, 11) is -4.00. The van der Waals surface area contributed by atoms with Crippen molar-refractivity contribution in [1.29, 1.82) is 0 Å². The van der Waals surface area contributed by atoms with Crippen molar-refractivity contribution >= 4 is 10.0 Å². The number of benzene rings is 1. The largest absolute Gasteiger partial charge is 0.416 e. The molecule has 0 radical (unpaired) electrons. The average molecular weight is 410 g/mol. The van der Waals surface area contributed by atoms with Crippen LogP contribution in [0.15, 0.2) is 29.2 Å². The molecule has 1 saturated heterocycles. The number of hydrogen-bond acceptors (Lipinski definition) is 5. The fraction of sp³-hybridized carbons (Fsp3) is 0.647. The number of nitrogens with zero attached hydrogens (tertiary/aromatic N) is 2. The van der Waals surface area contributed by atoms with Gasteiger partial charge in [0.05, 0.1) is 29.3 Å². The molecule has 1 N–H and O–H groups in total. The van der Waals surface area contributed by atoms with Gasteiger partial charge in [0, 0.05) is 32.7 Å². The van der Waals surface area contributed by atoms with Gasteiger partial charge in [0.15, 0.2) is 0 Å². The minimum atomic E-state index is -4.60. The standard InChI is InChI=1S/C17H25F3N2O4S/c1-13(2)26-12-15(23)11-21-6-8-22(9-7-21)27(24,25)16-5-3-4-14(10-16)17(18,19)20/h3-5,10,13,15,23H,6-9,11-12H2,1-2H3. The van der Waals surface area contributed by atoms with Gasteiger partial charge in [0.1, 0.15) is 0 Å². The maximum absolute atomic E-state index is 12.8. The number of alkyl halides is 3. The van der Waals surface area contributed by atoms with Crippen LogP contribution < -0.4 is 0 Å². The molecule has 0 amide bonds. The number of rotatable bonds is 7. The molecule has 0 aromatic heterocycles. The van der Waals surface area contributed by atoms with Crippen LogP contribution >= 0.6 is 0 Å². The summed E-state index contributed by atoms with van der Waals surface area (Å²) in [5.74, 6) is 0. The fourth-order valence-electron chi connectivity index (χ4n) is 2.79. The Morgan fingerprint density at radius 3 is 2.37 bits per heavy atom. The van der Waals surface area contributed by atoms with Gasteiger partial charge in [-0.25, -0.2) is 8.42 Å². The zero-order chi connectivity index (χ0) is 20.2. The van der Waals surface area contributed by atoms with Crippen LogP contribution in [0.1, 0.15) is 19.4 Å². The Kier molecular flexibility index (Phi) is 7.26. The molecule has 1 unspecified atom stereocenters. The van der Waals surface area contributed by atoms with Gasteiger partial charge in [-0.3, -0.25) is 4.90 Å². The minimum Gasteiger partial charge on any atom is -0.389 e. The molecule has 1 heterocycles. The SMILES string of the molecule is CC(C)OCC(O)CN1CCN(S(=O)(=O)c2cccc(C(F)(F)F)c2)CC1. The fourth-order valence-corrected chi connectivity index (χ4v) is 4.26. The van der Waals surface area contributed by atoms with E-state index in [4.69, 9.17) is 4.74 Å². The highest BCUT2D eigenvalue weighted by atomic mass is 32.2. The summed E-state index contributed by atoms with van der Waals surface area (Å²) in [6.45, 7) is 5.35. The van der Waals surface area contributed by atoms with Crippen molar-refractivity contribution in [1.82, 2.24) is 9.21 Å². The second-order valence-electron chi connectivity index (χ2n) is 6.77. The van der Waals surface area contributed by atoms with Gasteiger partial charge in [-0.15, -0.1) is 0 Å². The Bertz CT molecular complexity index is 717. The predicted octanol–water partition coefficient (Wildman–Crippen LogP) is 1.80. The zero-order valence-corrected chi connectivity index (χ0v) is 16.1. The van der Waals surface area contributed by atoms with Crippen molar-refractivity contribution in [3.63, 3.8) is 0 Å². The summed E-state index contributed by atoms with van der Waals surface area (Å²) in [6, 6.07) is 3.77. The number of hydrogen-bond donors (Lipinski definition) is 1. The van der Waals surface area contributed by atoms with Gasteiger partial charge < -0.3 is 9.84 Å². The van der Waals surface area contributed by atoms with Gasteiger partial charge in [0.2, 0.25) is 10.0 Å². The van der Waals surface area contributed by atoms with Gasteiger partial charge in [-0.1, -0.05) is 6.07 Å². The normalized spacial score (nSPS) is 18.8. The smallest absolute Gasteiger partial charge is 0.389 e. The van der Waals surface area contributed by atoms with Crippen LogP contribution in [0.4, 0.5) is 13.2 Å². The van der Waals surface area contributed by atoms with Crippen molar-refractivity contribution < 1.29 is 31.4 Å². The summed E-state index contributed by atoms with van der Waals surface area (Å²) < 4.78 is 70.3. The lowest BCUT2D eigenvalue weighted by Gasteiger charge is -2.35. The molecule has 154 valence electrons. The predicted molar refractivity (Wildman–Crippen MR) is 93.7 cm³/mol. The lowest BCUT2D eigenvalue weighted by Crippen LogP contribution is -2.50. The Morgan fingerprint density at radius 1 is 1.19 bits per heavy atom. The highest BCUT2D eigenvalue weighted by molar-refractivity contribution is 7.89. The Labute approximate surface area is 157 Å². The number of aliphatic hydroxyl groups excluding tert-OH is 1. The van der Waals surface area contributed by atoms with Crippen LogP contribution in [-0.2, 0) is 20.9 Å². The molecule has 2 rings (SSSR count). The van der Waals surface area contributed by atoms with Crippen LogP contribution in [0.2, 0.25) is 0 Å². The van der Waals surface area contributed by atoms with E-state index in [1.807, 2.05) is 18.7 Å². The third-order valence-electron chi connectivity index (χ3n) is 4.22. The van der Waals surface area contributed by atoms with E-state index in [0.29, 0.717) is 25.7 Å². The second-order valence-corrected chi connectivity index (χ2v) is 8.70. The van der Waals surface area contributed by atoms with E-state index >= 15 is 0 Å². The van der Waals surface area contributed by atoms with Crippen LogP contribution in [0.25, 0.3) is 0 Å². The van der Waals surface area contributed by atoms with E-state index in [1.165, 1.54) is 10.4 Å². The number of aliphatic hydroxyl groups is 1. The average Bonchev–Trinajstić information content (AvgIpc) is 2.60. The van der Waals surface area contributed by atoms with Crippen LogP contribution in [-0.4, -0.2) is 74.3 Å². The first-order valence-electron chi connectivity index (χ1n) is 8.69. The van der Waals surface area contributed by atoms with Crippen LogP contribution in [0.5, 0.6) is 0 Å². The van der Waals surface area contributed by atoms with Crippen molar-refractivity contribution in [2.24, 2.45) is 0 Å². The lowest BCUT2D eigenvalue weighted by molar-refractivity contribution is -0.137. The molecule has 0 spiro atoms. The molecule has 1 atom stereocenters. The highest BCUT2D eigenvalue weighted by Crippen LogP contribution is 2.31. The zero-order valence-electron chi connectivity index (χ0n) is 15.3.